The normalized spacial score (nSPS) is 11.4. The maximum absolute atomic E-state index is 13.3. The minimum Gasteiger partial charge on any atom is -0.349 e. The molecule has 0 aliphatic heterocycles. The molecule has 0 radical (unpaired) electrons. The zero-order valence-corrected chi connectivity index (χ0v) is 9.51. The lowest BCUT2D eigenvalue weighted by molar-refractivity contribution is -0.387. The summed E-state index contributed by atoms with van der Waals surface area (Å²) in [6.07, 6.45) is 0.126. The Morgan fingerprint density at radius 2 is 2.33 bits per heavy atom. The molecule has 0 saturated heterocycles. The lowest BCUT2D eigenvalue weighted by Gasteiger charge is -2.10. The van der Waals surface area contributed by atoms with Crippen LogP contribution in [-0.4, -0.2) is 16.9 Å². The Kier molecular flexibility index (Phi) is 4.32. The Hall–Kier alpha value is -2.49. The second-order valence-electron chi connectivity index (χ2n) is 3.66. The van der Waals surface area contributed by atoms with E-state index in [1.807, 2.05) is 6.07 Å². The number of halogens is 1. The van der Waals surface area contributed by atoms with Crippen molar-refractivity contribution in [1.82, 2.24) is 5.32 Å². The molecule has 1 aromatic rings. The van der Waals surface area contributed by atoms with E-state index in [2.05, 4.69) is 5.32 Å². The molecule has 1 atom stereocenters. The van der Waals surface area contributed by atoms with Crippen LogP contribution in [0, 0.1) is 27.3 Å². The molecule has 1 unspecified atom stereocenters. The molecule has 1 amide bonds. The van der Waals surface area contributed by atoms with Crippen molar-refractivity contribution in [1.29, 1.82) is 5.26 Å². The van der Waals surface area contributed by atoms with Crippen molar-refractivity contribution in [2.45, 2.75) is 19.4 Å². The molecular weight excluding hydrogens is 241 g/mol. The monoisotopic (exact) mass is 251 g/mol. The SMILES string of the molecule is CC(CC#N)NC(=O)c1ccc([N+](=O)[O-])c(F)c1. The van der Waals surface area contributed by atoms with Crippen molar-refractivity contribution in [2.24, 2.45) is 0 Å². The zero-order valence-electron chi connectivity index (χ0n) is 9.51. The van der Waals surface area contributed by atoms with E-state index in [9.17, 15) is 19.3 Å². The molecule has 1 N–H and O–H groups in total. The van der Waals surface area contributed by atoms with E-state index >= 15 is 0 Å². The number of nitrogens with one attached hydrogen (secondary N) is 1. The summed E-state index contributed by atoms with van der Waals surface area (Å²) in [5.74, 6) is -1.65. The van der Waals surface area contributed by atoms with Gasteiger partial charge in [0, 0.05) is 17.7 Å². The summed E-state index contributed by atoms with van der Waals surface area (Å²) in [6, 6.07) is 4.40. The highest BCUT2D eigenvalue weighted by Crippen LogP contribution is 2.17. The van der Waals surface area contributed by atoms with Gasteiger partial charge in [-0.3, -0.25) is 14.9 Å². The van der Waals surface area contributed by atoms with Gasteiger partial charge in [-0.25, -0.2) is 0 Å². The van der Waals surface area contributed by atoms with Gasteiger partial charge < -0.3 is 5.32 Å². The van der Waals surface area contributed by atoms with Gasteiger partial charge in [-0.2, -0.15) is 9.65 Å². The van der Waals surface area contributed by atoms with Gasteiger partial charge in [0.05, 0.1) is 17.4 Å². The van der Waals surface area contributed by atoms with Gasteiger partial charge in [-0.15, -0.1) is 0 Å². The minimum atomic E-state index is -1.07. The van der Waals surface area contributed by atoms with E-state index < -0.39 is 22.3 Å². The average Bonchev–Trinajstić information content (AvgIpc) is 2.28. The van der Waals surface area contributed by atoms with E-state index in [-0.39, 0.29) is 18.0 Å². The number of carbonyl (C=O) groups is 1. The standard InChI is InChI=1S/C11H10FN3O3/c1-7(4-5-13)14-11(16)8-2-3-10(15(17)18)9(12)6-8/h2-3,6-7H,4H2,1H3,(H,14,16). The predicted molar refractivity (Wildman–Crippen MR) is 60.2 cm³/mol. The van der Waals surface area contributed by atoms with Crippen LogP contribution in [0.3, 0.4) is 0 Å². The summed E-state index contributed by atoms with van der Waals surface area (Å²) >= 11 is 0. The molecule has 0 aliphatic carbocycles. The number of benzene rings is 1. The average molecular weight is 251 g/mol. The molecule has 0 bridgehead atoms. The van der Waals surface area contributed by atoms with Gasteiger partial charge in [-0.05, 0) is 19.1 Å². The Balaban J connectivity index is 2.85. The number of hydrogen-bond donors (Lipinski definition) is 1. The molecule has 1 aromatic carbocycles. The predicted octanol–water partition coefficient (Wildman–Crippen LogP) is 1.77. The summed E-state index contributed by atoms with van der Waals surface area (Å²) < 4.78 is 13.3. The molecule has 7 heteroatoms. The second kappa shape index (κ2) is 5.72. The van der Waals surface area contributed by atoms with E-state index in [0.29, 0.717) is 0 Å². The lowest BCUT2D eigenvalue weighted by atomic mass is 10.1. The van der Waals surface area contributed by atoms with Crippen LogP contribution >= 0.6 is 0 Å². The first kappa shape index (κ1) is 13.6. The Labute approximate surface area is 102 Å². The van der Waals surface area contributed by atoms with Crippen LogP contribution in [0.2, 0.25) is 0 Å². The second-order valence-corrected chi connectivity index (χ2v) is 3.66. The van der Waals surface area contributed by atoms with Crippen LogP contribution in [0.5, 0.6) is 0 Å². The van der Waals surface area contributed by atoms with Crippen molar-refractivity contribution >= 4 is 11.6 Å². The number of hydrogen-bond acceptors (Lipinski definition) is 4. The Bertz CT molecular complexity index is 525. The van der Waals surface area contributed by atoms with Gasteiger partial charge in [0.2, 0.25) is 5.82 Å². The maximum Gasteiger partial charge on any atom is 0.304 e. The zero-order chi connectivity index (χ0) is 13.7. The molecule has 0 aliphatic rings. The van der Waals surface area contributed by atoms with Crippen molar-refractivity contribution in [2.75, 3.05) is 0 Å². The summed E-state index contributed by atoms with van der Waals surface area (Å²) in [6.45, 7) is 1.63. The molecule has 0 saturated carbocycles. The van der Waals surface area contributed by atoms with Crippen molar-refractivity contribution < 1.29 is 14.1 Å². The van der Waals surface area contributed by atoms with Crippen LogP contribution in [-0.2, 0) is 0 Å². The van der Waals surface area contributed by atoms with E-state index in [1.165, 1.54) is 0 Å². The number of nitrogens with zero attached hydrogens (tertiary/aromatic N) is 2. The summed E-state index contributed by atoms with van der Waals surface area (Å²) in [5, 5.41) is 21.3. The number of carbonyl (C=O) groups excluding carboxylic acids is 1. The first-order valence-corrected chi connectivity index (χ1v) is 5.07. The highest BCUT2D eigenvalue weighted by Gasteiger charge is 2.17. The van der Waals surface area contributed by atoms with Gasteiger partial charge in [0.25, 0.3) is 5.91 Å². The molecule has 1 rings (SSSR count). The summed E-state index contributed by atoms with van der Waals surface area (Å²) in [4.78, 5) is 21.1. The number of rotatable bonds is 4. The fraction of sp³-hybridized carbons (Fsp3) is 0.273. The van der Waals surface area contributed by atoms with Gasteiger partial charge >= 0.3 is 5.69 Å². The first-order chi connectivity index (χ1) is 8.45. The van der Waals surface area contributed by atoms with E-state index in [0.717, 1.165) is 18.2 Å². The van der Waals surface area contributed by atoms with E-state index in [1.54, 1.807) is 6.92 Å². The third kappa shape index (κ3) is 3.25. The molecule has 6 nitrogen and oxygen atoms in total. The molecule has 0 fully saturated rings. The first-order valence-electron chi connectivity index (χ1n) is 5.07. The topological polar surface area (TPSA) is 96.0 Å². The molecule has 0 spiro atoms. The summed E-state index contributed by atoms with van der Waals surface area (Å²) in [7, 11) is 0. The van der Waals surface area contributed by atoms with Crippen molar-refractivity contribution in [3.8, 4) is 6.07 Å². The smallest absolute Gasteiger partial charge is 0.304 e. The van der Waals surface area contributed by atoms with E-state index in [4.69, 9.17) is 5.26 Å². The fourth-order valence-electron chi connectivity index (χ4n) is 1.29. The molecule has 0 heterocycles. The van der Waals surface area contributed by atoms with Crippen molar-refractivity contribution in [3.05, 3.63) is 39.7 Å². The van der Waals surface area contributed by atoms with Crippen molar-refractivity contribution in [3.63, 3.8) is 0 Å². The maximum atomic E-state index is 13.3. The Morgan fingerprint density at radius 3 is 2.83 bits per heavy atom. The van der Waals surface area contributed by atoms with Crippen LogP contribution in [0.4, 0.5) is 10.1 Å². The van der Waals surface area contributed by atoms with Crippen LogP contribution in [0.1, 0.15) is 23.7 Å². The summed E-state index contributed by atoms with van der Waals surface area (Å²) in [5.41, 5.74) is -0.709. The highest BCUT2D eigenvalue weighted by atomic mass is 19.1. The molecule has 94 valence electrons. The third-order valence-electron chi connectivity index (χ3n) is 2.18. The van der Waals surface area contributed by atoms with Crippen LogP contribution in [0.25, 0.3) is 0 Å². The molecular formula is C11H10FN3O3. The number of amides is 1. The van der Waals surface area contributed by atoms with Gasteiger partial charge in [0.1, 0.15) is 0 Å². The fourth-order valence-corrected chi connectivity index (χ4v) is 1.29. The van der Waals surface area contributed by atoms with Gasteiger partial charge in [0.15, 0.2) is 0 Å². The quantitative estimate of drug-likeness (QED) is 0.651. The van der Waals surface area contributed by atoms with Crippen LogP contribution in [0.15, 0.2) is 18.2 Å². The highest BCUT2D eigenvalue weighted by molar-refractivity contribution is 5.94. The largest absolute Gasteiger partial charge is 0.349 e. The molecule has 18 heavy (non-hydrogen) atoms. The lowest BCUT2D eigenvalue weighted by Crippen LogP contribution is -2.32. The molecule has 0 aromatic heterocycles. The van der Waals surface area contributed by atoms with Gasteiger partial charge in [-0.1, -0.05) is 0 Å². The number of nitriles is 1. The number of nitro groups is 1. The Morgan fingerprint density at radius 1 is 1.67 bits per heavy atom. The van der Waals surface area contributed by atoms with Crippen LogP contribution < -0.4 is 5.32 Å². The third-order valence-corrected chi connectivity index (χ3v) is 2.18. The number of nitro benzene ring substituents is 1. The minimum absolute atomic E-state index is 0.0251.